The van der Waals surface area contributed by atoms with Gasteiger partial charge in [0.05, 0.1) is 0 Å². The Labute approximate surface area is 158 Å². The Morgan fingerprint density at radius 1 is 0.963 bits per heavy atom. The van der Waals surface area contributed by atoms with Gasteiger partial charge in [-0.05, 0) is 32.8 Å². The number of hydrogen-bond acceptors (Lipinski definition) is 4. The number of aliphatic carboxylic acids is 1. The van der Waals surface area contributed by atoms with E-state index in [1.165, 1.54) is 0 Å². The van der Waals surface area contributed by atoms with Gasteiger partial charge in [-0.15, -0.1) is 0 Å². The Morgan fingerprint density at radius 3 is 2.15 bits per heavy atom. The summed E-state index contributed by atoms with van der Waals surface area (Å²) in [7, 11) is 0. The first-order chi connectivity index (χ1) is 12.7. The van der Waals surface area contributed by atoms with Crippen LogP contribution in [0.2, 0.25) is 0 Å². The first kappa shape index (κ1) is 20.3. The van der Waals surface area contributed by atoms with Crippen LogP contribution in [0.15, 0.2) is 52.6 Å². The van der Waals surface area contributed by atoms with Gasteiger partial charge in [-0.25, -0.2) is 0 Å². The van der Waals surface area contributed by atoms with Gasteiger partial charge in [0.15, 0.2) is 11.6 Å². The van der Waals surface area contributed by atoms with Crippen LogP contribution in [0, 0.1) is 0 Å². The highest BCUT2D eigenvalue weighted by Gasteiger charge is 2.33. The highest BCUT2D eigenvalue weighted by Crippen LogP contribution is 2.37. The van der Waals surface area contributed by atoms with Gasteiger partial charge in [-0.3, -0.25) is 19.2 Å². The van der Waals surface area contributed by atoms with Gasteiger partial charge in [-0.2, -0.15) is 0 Å². The van der Waals surface area contributed by atoms with Crippen molar-refractivity contribution in [2.45, 2.75) is 39.5 Å². The fourth-order valence-corrected chi connectivity index (χ4v) is 3.24. The van der Waals surface area contributed by atoms with Crippen LogP contribution in [0.4, 0.5) is 0 Å². The lowest BCUT2D eigenvalue weighted by molar-refractivity contribution is -0.138. The minimum Gasteiger partial charge on any atom is -0.480 e. The Balaban J connectivity index is 2.34. The molecule has 2 N–H and O–H groups in total. The minimum atomic E-state index is -1.12. The van der Waals surface area contributed by atoms with E-state index in [2.05, 4.69) is 5.32 Å². The molecule has 6 nitrogen and oxygen atoms in total. The van der Waals surface area contributed by atoms with Crippen LogP contribution in [0.3, 0.4) is 0 Å². The molecule has 0 aromatic heterocycles. The van der Waals surface area contributed by atoms with Crippen molar-refractivity contribution in [3.8, 4) is 0 Å². The van der Waals surface area contributed by atoms with Crippen molar-refractivity contribution in [2.75, 3.05) is 6.54 Å². The maximum absolute atomic E-state index is 12.9. The summed E-state index contributed by atoms with van der Waals surface area (Å²) in [6, 6.07) is 9.25. The average Bonchev–Trinajstić information content (AvgIpc) is 2.66. The lowest BCUT2D eigenvalue weighted by Crippen LogP contribution is -2.30. The van der Waals surface area contributed by atoms with Crippen LogP contribution in [0.1, 0.15) is 45.1 Å². The van der Waals surface area contributed by atoms with Crippen molar-refractivity contribution in [1.82, 2.24) is 5.32 Å². The highest BCUT2D eigenvalue weighted by molar-refractivity contribution is 6.25. The van der Waals surface area contributed by atoms with E-state index in [9.17, 15) is 19.2 Å². The lowest BCUT2D eigenvalue weighted by atomic mass is 9.76. The number of rotatable bonds is 7. The zero-order valence-corrected chi connectivity index (χ0v) is 15.7. The summed E-state index contributed by atoms with van der Waals surface area (Å²) in [4.78, 5) is 48.0. The van der Waals surface area contributed by atoms with Crippen molar-refractivity contribution in [3.63, 3.8) is 0 Å². The third-order valence-electron chi connectivity index (χ3n) is 4.88. The molecule has 0 saturated carbocycles. The van der Waals surface area contributed by atoms with Gasteiger partial charge in [0.25, 0.3) is 0 Å². The summed E-state index contributed by atoms with van der Waals surface area (Å²) in [5.41, 5.74) is 2.54. The molecule has 142 valence electrons. The molecule has 6 heteroatoms. The van der Waals surface area contributed by atoms with E-state index in [0.717, 1.165) is 5.56 Å². The number of hydrogen-bond donors (Lipinski definition) is 2. The highest BCUT2D eigenvalue weighted by atomic mass is 16.4. The number of carbonyl (C=O) groups excluding carboxylic acids is 3. The average molecular weight is 369 g/mol. The smallest absolute Gasteiger partial charge is 0.322 e. The van der Waals surface area contributed by atoms with Crippen molar-refractivity contribution >= 4 is 23.4 Å². The molecule has 0 radical (unpaired) electrons. The Morgan fingerprint density at radius 2 is 1.56 bits per heavy atom. The molecule has 2 rings (SSSR count). The van der Waals surface area contributed by atoms with Crippen LogP contribution in [-0.4, -0.2) is 35.1 Å². The van der Waals surface area contributed by atoms with Crippen molar-refractivity contribution < 1.29 is 24.3 Å². The van der Waals surface area contributed by atoms with Gasteiger partial charge < -0.3 is 10.4 Å². The van der Waals surface area contributed by atoms with E-state index in [4.69, 9.17) is 5.11 Å². The van der Waals surface area contributed by atoms with Gasteiger partial charge in [-0.1, -0.05) is 30.3 Å². The number of nitrogens with one attached hydrogen (secondary N) is 1. The third-order valence-corrected chi connectivity index (χ3v) is 4.88. The topological polar surface area (TPSA) is 101 Å². The number of benzene rings is 1. The summed E-state index contributed by atoms with van der Waals surface area (Å²) in [5.74, 6) is -2.27. The number of amides is 1. The lowest BCUT2D eigenvalue weighted by Gasteiger charge is -2.26. The molecule has 1 aromatic rings. The van der Waals surface area contributed by atoms with E-state index in [1.807, 2.05) is 30.3 Å². The molecule has 1 aromatic carbocycles. The Kier molecular flexibility index (Phi) is 6.45. The molecule has 1 aliphatic carbocycles. The second kappa shape index (κ2) is 8.58. The SMILES string of the molecule is CC1=C(C)C(=O)C(C(CCC(=O)NCC(=O)O)c2ccccc2)=C(C)C1=O. The van der Waals surface area contributed by atoms with Crippen molar-refractivity contribution in [3.05, 3.63) is 58.2 Å². The van der Waals surface area contributed by atoms with Crippen LogP contribution in [0.5, 0.6) is 0 Å². The minimum absolute atomic E-state index is 0.0484. The summed E-state index contributed by atoms with van der Waals surface area (Å²) >= 11 is 0. The standard InChI is InChI=1S/C21H23NO5/c1-12-13(2)21(27)19(14(3)20(12)26)16(15-7-5-4-6-8-15)9-10-17(23)22-11-18(24)25/h4-8,16H,9-11H2,1-3H3,(H,22,23)(H,24,25). The van der Waals surface area contributed by atoms with Crippen LogP contribution in [-0.2, 0) is 19.2 Å². The molecule has 0 saturated heterocycles. The number of carboxylic acid groups (broad SMARTS) is 1. The summed E-state index contributed by atoms with van der Waals surface area (Å²) in [5, 5.41) is 11.0. The molecular weight excluding hydrogens is 346 g/mol. The maximum Gasteiger partial charge on any atom is 0.322 e. The molecule has 0 spiro atoms. The monoisotopic (exact) mass is 369 g/mol. The zero-order valence-electron chi connectivity index (χ0n) is 15.7. The summed E-state index contributed by atoms with van der Waals surface area (Å²) in [6.07, 6.45) is 0.348. The van der Waals surface area contributed by atoms with E-state index >= 15 is 0 Å². The number of allylic oxidation sites excluding steroid dienone is 4. The van der Waals surface area contributed by atoms with Gasteiger partial charge in [0.2, 0.25) is 5.91 Å². The molecule has 1 amide bonds. The number of Topliss-reactive ketones (excluding diaryl/α,β-unsaturated/α-hetero) is 2. The second-order valence-corrected chi connectivity index (χ2v) is 6.62. The quantitative estimate of drug-likeness (QED) is 0.720. The molecule has 0 fully saturated rings. The summed E-state index contributed by atoms with van der Waals surface area (Å²) in [6.45, 7) is 4.48. The molecule has 1 unspecified atom stereocenters. The van der Waals surface area contributed by atoms with Gasteiger partial charge >= 0.3 is 5.97 Å². The van der Waals surface area contributed by atoms with E-state index in [-0.39, 0.29) is 18.0 Å². The van der Waals surface area contributed by atoms with E-state index in [1.54, 1.807) is 20.8 Å². The fraction of sp³-hybridized carbons (Fsp3) is 0.333. The molecule has 27 heavy (non-hydrogen) atoms. The molecule has 0 aliphatic heterocycles. The maximum atomic E-state index is 12.9. The molecule has 1 aliphatic rings. The third kappa shape index (κ3) is 4.58. The summed E-state index contributed by atoms with van der Waals surface area (Å²) < 4.78 is 0. The predicted molar refractivity (Wildman–Crippen MR) is 100 cm³/mol. The Hall–Kier alpha value is -3.02. The fourth-order valence-electron chi connectivity index (χ4n) is 3.24. The van der Waals surface area contributed by atoms with Crippen LogP contribution >= 0.6 is 0 Å². The van der Waals surface area contributed by atoms with Crippen LogP contribution < -0.4 is 5.32 Å². The number of carboxylic acids is 1. The molecule has 1 atom stereocenters. The normalized spacial score (nSPS) is 15.8. The van der Waals surface area contributed by atoms with E-state index in [0.29, 0.717) is 28.7 Å². The van der Waals surface area contributed by atoms with Crippen molar-refractivity contribution in [2.24, 2.45) is 0 Å². The van der Waals surface area contributed by atoms with Crippen molar-refractivity contribution in [1.29, 1.82) is 0 Å². The zero-order chi connectivity index (χ0) is 20.1. The molecule has 0 heterocycles. The first-order valence-corrected chi connectivity index (χ1v) is 8.75. The van der Waals surface area contributed by atoms with E-state index < -0.39 is 24.3 Å². The molecular formula is C21H23NO5. The largest absolute Gasteiger partial charge is 0.480 e. The first-order valence-electron chi connectivity index (χ1n) is 8.75. The van der Waals surface area contributed by atoms with Gasteiger partial charge in [0.1, 0.15) is 6.54 Å². The Bertz CT molecular complexity index is 849. The van der Waals surface area contributed by atoms with Gasteiger partial charge in [0, 0.05) is 34.6 Å². The number of ketones is 2. The molecule has 0 bridgehead atoms. The second-order valence-electron chi connectivity index (χ2n) is 6.62. The van der Waals surface area contributed by atoms with Crippen LogP contribution in [0.25, 0.3) is 0 Å². The predicted octanol–water partition coefficient (Wildman–Crippen LogP) is 2.56. The number of carbonyl (C=O) groups is 4.